The molecule has 0 atom stereocenters. The number of benzene rings is 1. The fourth-order valence-electron chi connectivity index (χ4n) is 1.56. The molecular formula is C11H6F3N3O3. The lowest BCUT2D eigenvalue weighted by molar-refractivity contribution is -0.384. The van der Waals surface area contributed by atoms with Crippen molar-refractivity contribution in [2.24, 2.45) is 0 Å². The van der Waals surface area contributed by atoms with Gasteiger partial charge in [-0.1, -0.05) is 12.1 Å². The highest BCUT2D eigenvalue weighted by Crippen LogP contribution is 2.26. The molecule has 0 saturated heterocycles. The summed E-state index contributed by atoms with van der Waals surface area (Å²) in [5.41, 5.74) is -2.96. The van der Waals surface area contributed by atoms with Crippen molar-refractivity contribution in [1.29, 1.82) is 0 Å². The fraction of sp³-hybridized carbons (Fsp3) is 0.0909. The van der Waals surface area contributed by atoms with E-state index < -0.39 is 28.0 Å². The Morgan fingerprint density at radius 1 is 1.25 bits per heavy atom. The molecule has 2 rings (SSSR count). The molecule has 2 aromatic rings. The molecule has 1 aromatic heterocycles. The van der Waals surface area contributed by atoms with E-state index in [1.165, 1.54) is 18.2 Å². The molecule has 0 aliphatic rings. The number of halogens is 3. The van der Waals surface area contributed by atoms with Gasteiger partial charge in [-0.3, -0.25) is 19.5 Å². The second kappa shape index (κ2) is 4.76. The quantitative estimate of drug-likeness (QED) is 0.625. The Bertz CT molecular complexity index is 725. The van der Waals surface area contributed by atoms with E-state index in [1.807, 2.05) is 0 Å². The first-order valence-corrected chi connectivity index (χ1v) is 5.20. The Hall–Kier alpha value is -2.71. The average Bonchev–Trinajstić information content (AvgIpc) is 2.37. The van der Waals surface area contributed by atoms with E-state index in [2.05, 4.69) is 4.98 Å². The fourth-order valence-corrected chi connectivity index (χ4v) is 1.56. The summed E-state index contributed by atoms with van der Waals surface area (Å²) in [4.78, 5) is 24.9. The van der Waals surface area contributed by atoms with Crippen LogP contribution in [-0.4, -0.2) is 14.5 Å². The Balaban J connectivity index is 2.61. The molecule has 20 heavy (non-hydrogen) atoms. The summed E-state index contributed by atoms with van der Waals surface area (Å²) in [7, 11) is 0. The molecule has 0 amide bonds. The normalized spacial score (nSPS) is 11.3. The summed E-state index contributed by atoms with van der Waals surface area (Å²) in [6, 6.07) is 5.47. The summed E-state index contributed by atoms with van der Waals surface area (Å²) in [5.74, 6) is 0. The molecule has 0 aliphatic carbocycles. The van der Waals surface area contributed by atoms with Crippen LogP contribution in [0.25, 0.3) is 5.69 Å². The minimum Gasteiger partial charge on any atom is -0.269 e. The van der Waals surface area contributed by atoms with E-state index in [1.54, 1.807) is 0 Å². The summed E-state index contributed by atoms with van der Waals surface area (Å²) in [5, 5.41) is 10.8. The second-order valence-electron chi connectivity index (χ2n) is 3.73. The third-order valence-corrected chi connectivity index (χ3v) is 2.44. The lowest BCUT2D eigenvalue weighted by atomic mass is 10.2. The lowest BCUT2D eigenvalue weighted by Gasteiger charge is -2.08. The highest BCUT2D eigenvalue weighted by Gasteiger charge is 2.33. The molecule has 0 bridgehead atoms. The van der Waals surface area contributed by atoms with Gasteiger partial charge in [-0.05, 0) is 6.07 Å². The monoisotopic (exact) mass is 285 g/mol. The van der Waals surface area contributed by atoms with Crippen LogP contribution in [0.4, 0.5) is 18.9 Å². The van der Waals surface area contributed by atoms with Gasteiger partial charge in [0.05, 0.1) is 4.92 Å². The largest absolute Gasteiger partial charge is 0.433 e. The van der Waals surface area contributed by atoms with E-state index in [-0.39, 0.29) is 11.8 Å². The number of alkyl halides is 3. The minimum absolute atomic E-state index is 0.149. The van der Waals surface area contributed by atoms with Crippen molar-refractivity contribution in [2.75, 3.05) is 0 Å². The van der Waals surface area contributed by atoms with E-state index >= 15 is 0 Å². The van der Waals surface area contributed by atoms with E-state index in [0.29, 0.717) is 10.9 Å². The zero-order valence-electron chi connectivity index (χ0n) is 9.66. The van der Waals surface area contributed by atoms with Crippen molar-refractivity contribution < 1.29 is 18.1 Å². The third kappa shape index (κ3) is 2.51. The molecule has 0 aliphatic heterocycles. The van der Waals surface area contributed by atoms with Gasteiger partial charge in [0.2, 0.25) is 0 Å². The summed E-state index contributed by atoms with van der Waals surface area (Å²) < 4.78 is 37.9. The van der Waals surface area contributed by atoms with E-state index in [9.17, 15) is 28.1 Å². The Labute approximate surface area is 109 Å². The number of nitro benzene ring substituents is 1. The van der Waals surface area contributed by atoms with E-state index in [0.717, 1.165) is 6.07 Å². The third-order valence-electron chi connectivity index (χ3n) is 2.44. The number of hydrogen-bond acceptors (Lipinski definition) is 4. The van der Waals surface area contributed by atoms with Crippen molar-refractivity contribution in [3.05, 3.63) is 62.8 Å². The van der Waals surface area contributed by atoms with Crippen LogP contribution >= 0.6 is 0 Å². The number of nitrogens with zero attached hydrogens (tertiary/aromatic N) is 3. The number of hydrogen-bond donors (Lipinski definition) is 0. The van der Waals surface area contributed by atoms with Crippen molar-refractivity contribution in [2.45, 2.75) is 6.18 Å². The molecular weight excluding hydrogens is 279 g/mol. The molecule has 1 aromatic carbocycles. The van der Waals surface area contributed by atoms with Crippen LogP contribution in [0, 0.1) is 10.1 Å². The summed E-state index contributed by atoms with van der Waals surface area (Å²) >= 11 is 0. The molecule has 9 heteroatoms. The molecule has 0 saturated carbocycles. The Morgan fingerprint density at radius 3 is 2.45 bits per heavy atom. The first-order chi connectivity index (χ1) is 9.30. The molecule has 0 unspecified atom stereocenters. The van der Waals surface area contributed by atoms with Crippen LogP contribution in [0.2, 0.25) is 0 Å². The van der Waals surface area contributed by atoms with Crippen molar-refractivity contribution in [3.63, 3.8) is 0 Å². The van der Waals surface area contributed by atoms with Gasteiger partial charge >= 0.3 is 6.18 Å². The maximum atomic E-state index is 12.4. The van der Waals surface area contributed by atoms with Gasteiger partial charge in [0, 0.05) is 12.1 Å². The SMILES string of the molecule is O=c1cc(C(F)(F)F)ncn1-c1ccccc1[N+](=O)[O-]. The molecule has 104 valence electrons. The Kier molecular flexibility index (Phi) is 3.26. The second-order valence-corrected chi connectivity index (χ2v) is 3.73. The first-order valence-electron chi connectivity index (χ1n) is 5.20. The van der Waals surface area contributed by atoms with Crippen LogP contribution in [0.1, 0.15) is 5.69 Å². The summed E-state index contributed by atoms with van der Waals surface area (Å²) in [6.07, 6.45) is -4.13. The van der Waals surface area contributed by atoms with Crippen molar-refractivity contribution in [3.8, 4) is 5.69 Å². The van der Waals surface area contributed by atoms with Crippen molar-refractivity contribution in [1.82, 2.24) is 9.55 Å². The molecule has 6 nitrogen and oxygen atoms in total. The molecule has 0 spiro atoms. The smallest absolute Gasteiger partial charge is 0.269 e. The van der Waals surface area contributed by atoms with Crippen molar-refractivity contribution >= 4 is 5.69 Å². The maximum Gasteiger partial charge on any atom is 0.433 e. The zero-order chi connectivity index (χ0) is 14.9. The zero-order valence-corrected chi connectivity index (χ0v) is 9.66. The molecule has 0 radical (unpaired) electrons. The van der Waals surface area contributed by atoms with E-state index in [4.69, 9.17) is 0 Å². The van der Waals surface area contributed by atoms with Gasteiger partial charge in [0.1, 0.15) is 12.0 Å². The summed E-state index contributed by atoms with van der Waals surface area (Å²) in [6.45, 7) is 0. The predicted octanol–water partition coefficient (Wildman–Crippen LogP) is 2.16. The average molecular weight is 285 g/mol. The number of aromatic nitrogens is 2. The van der Waals surface area contributed by atoms with Crippen LogP contribution in [0.3, 0.4) is 0 Å². The van der Waals surface area contributed by atoms with Gasteiger partial charge in [0.25, 0.3) is 11.2 Å². The maximum absolute atomic E-state index is 12.4. The topological polar surface area (TPSA) is 78.0 Å². The molecule has 0 fully saturated rings. The lowest BCUT2D eigenvalue weighted by Crippen LogP contribution is -2.22. The minimum atomic E-state index is -4.75. The number of rotatable bonds is 2. The van der Waals surface area contributed by atoms with Crippen LogP contribution in [0.5, 0.6) is 0 Å². The highest BCUT2D eigenvalue weighted by atomic mass is 19.4. The van der Waals surface area contributed by atoms with Gasteiger partial charge in [-0.25, -0.2) is 4.98 Å². The molecule has 1 heterocycles. The number of para-hydroxylation sites is 2. The predicted molar refractivity (Wildman–Crippen MR) is 61.5 cm³/mol. The van der Waals surface area contributed by atoms with Crippen LogP contribution < -0.4 is 5.56 Å². The first kappa shape index (κ1) is 13.7. The van der Waals surface area contributed by atoms with Crippen LogP contribution in [-0.2, 0) is 6.18 Å². The van der Waals surface area contributed by atoms with Crippen LogP contribution in [0.15, 0.2) is 41.5 Å². The van der Waals surface area contributed by atoms with Gasteiger partial charge < -0.3 is 0 Å². The standard InChI is InChI=1S/C11H6F3N3O3/c12-11(13,14)9-5-10(18)16(6-15-9)7-3-1-2-4-8(7)17(19)20/h1-6H. The van der Waals surface area contributed by atoms with Gasteiger partial charge in [-0.2, -0.15) is 13.2 Å². The highest BCUT2D eigenvalue weighted by molar-refractivity contribution is 5.51. The van der Waals surface area contributed by atoms with Gasteiger partial charge in [-0.15, -0.1) is 0 Å². The Morgan fingerprint density at radius 2 is 1.90 bits per heavy atom. The molecule has 0 N–H and O–H groups in total. The number of nitro groups is 1. The van der Waals surface area contributed by atoms with Gasteiger partial charge in [0.15, 0.2) is 5.69 Å².